The number of para-hydroxylation sites is 1. The van der Waals surface area contributed by atoms with Gasteiger partial charge in [0.05, 0.1) is 12.5 Å². The summed E-state index contributed by atoms with van der Waals surface area (Å²) in [5, 5.41) is 2.69. The second kappa shape index (κ2) is 6.91. The lowest BCUT2D eigenvalue weighted by atomic mass is 10.3. The first-order valence-electron chi connectivity index (χ1n) is 7.07. The summed E-state index contributed by atoms with van der Waals surface area (Å²) in [7, 11) is 0. The van der Waals surface area contributed by atoms with Crippen LogP contribution in [0.25, 0.3) is 5.69 Å². The first-order valence-corrected chi connectivity index (χ1v) is 7.07. The van der Waals surface area contributed by atoms with Crippen LogP contribution in [-0.4, -0.2) is 22.1 Å². The lowest BCUT2D eigenvalue weighted by molar-refractivity contribution is -0.0498. The highest BCUT2D eigenvalue weighted by atomic mass is 19.3. The van der Waals surface area contributed by atoms with E-state index >= 15 is 0 Å². The van der Waals surface area contributed by atoms with Crippen molar-refractivity contribution in [3.05, 3.63) is 72.8 Å². The number of imidazole rings is 1. The fourth-order valence-electron chi connectivity index (χ4n) is 2.17. The van der Waals surface area contributed by atoms with Gasteiger partial charge in [0.25, 0.3) is 5.91 Å². The van der Waals surface area contributed by atoms with E-state index in [1.165, 1.54) is 30.5 Å². The number of benzene rings is 2. The summed E-state index contributed by atoms with van der Waals surface area (Å²) in [6.45, 7) is -2.88. The molecule has 2 aromatic carbocycles. The standard InChI is InChI=1S/C17H13F2N3O2/c18-17(19)24-14-8-6-12(7-9-14)21-16(23)15-10-20-11-22(15)13-4-2-1-3-5-13/h1-11,17H,(H,21,23). The SMILES string of the molecule is O=C(Nc1ccc(OC(F)F)cc1)c1cncn1-c1ccccc1. The Hall–Kier alpha value is -3.22. The third kappa shape index (κ3) is 3.57. The molecule has 0 bridgehead atoms. The molecule has 0 spiro atoms. The minimum atomic E-state index is -2.88. The molecule has 5 nitrogen and oxygen atoms in total. The van der Waals surface area contributed by atoms with Gasteiger partial charge in [0, 0.05) is 11.4 Å². The lowest BCUT2D eigenvalue weighted by Crippen LogP contribution is -2.16. The Labute approximate surface area is 136 Å². The van der Waals surface area contributed by atoms with Crippen LogP contribution in [0.4, 0.5) is 14.5 Å². The number of hydrogen-bond donors (Lipinski definition) is 1. The summed E-state index contributed by atoms with van der Waals surface area (Å²) < 4.78 is 30.2. The Balaban J connectivity index is 1.75. The number of rotatable bonds is 5. The average molecular weight is 329 g/mol. The van der Waals surface area contributed by atoms with Crippen molar-refractivity contribution in [2.75, 3.05) is 5.32 Å². The summed E-state index contributed by atoms with van der Waals surface area (Å²) in [5.74, 6) is -0.337. The molecule has 0 unspecified atom stereocenters. The molecule has 1 amide bonds. The number of nitrogens with one attached hydrogen (secondary N) is 1. The highest BCUT2D eigenvalue weighted by Gasteiger charge is 2.13. The van der Waals surface area contributed by atoms with Crippen LogP contribution in [0.3, 0.4) is 0 Å². The zero-order chi connectivity index (χ0) is 16.9. The van der Waals surface area contributed by atoms with Gasteiger partial charge >= 0.3 is 6.61 Å². The second-order valence-corrected chi connectivity index (χ2v) is 4.84. The smallest absolute Gasteiger partial charge is 0.387 e. The van der Waals surface area contributed by atoms with Gasteiger partial charge in [-0.25, -0.2) is 4.98 Å². The van der Waals surface area contributed by atoms with Crippen molar-refractivity contribution >= 4 is 11.6 Å². The predicted molar refractivity (Wildman–Crippen MR) is 84.6 cm³/mol. The monoisotopic (exact) mass is 329 g/mol. The van der Waals surface area contributed by atoms with Crippen molar-refractivity contribution in [1.29, 1.82) is 0 Å². The topological polar surface area (TPSA) is 56.1 Å². The normalized spacial score (nSPS) is 10.6. The van der Waals surface area contributed by atoms with Crippen molar-refractivity contribution in [1.82, 2.24) is 9.55 Å². The van der Waals surface area contributed by atoms with E-state index in [1.807, 2.05) is 30.3 Å². The fourth-order valence-corrected chi connectivity index (χ4v) is 2.17. The number of halogens is 2. The molecule has 0 radical (unpaired) electrons. The van der Waals surface area contributed by atoms with Gasteiger partial charge in [-0.1, -0.05) is 18.2 Å². The molecule has 0 aliphatic rings. The molecule has 0 aliphatic carbocycles. The lowest BCUT2D eigenvalue weighted by Gasteiger charge is -2.09. The minimum Gasteiger partial charge on any atom is -0.435 e. The first-order chi connectivity index (χ1) is 11.6. The molecule has 24 heavy (non-hydrogen) atoms. The molecule has 0 saturated carbocycles. The van der Waals surface area contributed by atoms with Gasteiger partial charge in [0.15, 0.2) is 0 Å². The van der Waals surface area contributed by atoms with Crippen LogP contribution >= 0.6 is 0 Å². The van der Waals surface area contributed by atoms with Gasteiger partial charge in [-0.15, -0.1) is 0 Å². The molecule has 3 rings (SSSR count). The number of carbonyl (C=O) groups is 1. The number of hydrogen-bond acceptors (Lipinski definition) is 3. The van der Waals surface area contributed by atoms with E-state index in [4.69, 9.17) is 0 Å². The number of alkyl halides is 2. The second-order valence-electron chi connectivity index (χ2n) is 4.84. The Kier molecular flexibility index (Phi) is 4.51. The van der Waals surface area contributed by atoms with Crippen LogP contribution in [0.1, 0.15) is 10.5 Å². The van der Waals surface area contributed by atoms with Crippen molar-refractivity contribution < 1.29 is 18.3 Å². The van der Waals surface area contributed by atoms with E-state index in [0.717, 1.165) is 5.69 Å². The summed E-state index contributed by atoms with van der Waals surface area (Å²) in [6, 6.07) is 15.0. The Morgan fingerprint density at radius 1 is 1.08 bits per heavy atom. The van der Waals surface area contributed by atoms with E-state index in [2.05, 4.69) is 15.0 Å². The van der Waals surface area contributed by atoms with E-state index < -0.39 is 6.61 Å². The molecule has 3 aromatic rings. The molecule has 1 aromatic heterocycles. The first kappa shape index (κ1) is 15.7. The predicted octanol–water partition coefficient (Wildman–Crippen LogP) is 3.73. The zero-order valence-corrected chi connectivity index (χ0v) is 12.4. The quantitative estimate of drug-likeness (QED) is 0.776. The maximum absolute atomic E-state index is 12.4. The van der Waals surface area contributed by atoms with Gasteiger partial charge in [0.1, 0.15) is 11.4 Å². The molecule has 122 valence electrons. The molecule has 0 fully saturated rings. The van der Waals surface area contributed by atoms with Crippen LogP contribution in [0.15, 0.2) is 67.1 Å². The molecule has 7 heteroatoms. The van der Waals surface area contributed by atoms with Gasteiger partial charge < -0.3 is 10.1 Å². The number of amides is 1. The van der Waals surface area contributed by atoms with Gasteiger partial charge in [0.2, 0.25) is 0 Å². The van der Waals surface area contributed by atoms with Crippen molar-refractivity contribution in [2.24, 2.45) is 0 Å². The summed E-state index contributed by atoms with van der Waals surface area (Å²) in [4.78, 5) is 16.4. The largest absolute Gasteiger partial charge is 0.435 e. The van der Waals surface area contributed by atoms with Crippen molar-refractivity contribution in [2.45, 2.75) is 6.61 Å². The Bertz CT molecular complexity index is 817. The van der Waals surface area contributed by atoms with Crippen molar-refractivity contribution in [3.63, 3.8) is 0 Å². The van der Waals surface area contributed by atoms with Crippen LogP contribution in [0.5, 0.6) is 5.75 Å². The molecular weight excluding hydrogens is 316 g/mol. The molecule has 1 N–H and O–H groups in total. The molecule has 1 heterocycles. The summed E-state index contributed by atoms with van der Waals surface area (Å²) >= 11 is 0. The number of anilines is 1. The van der Waals surface area contributed by atoms with Crippen LogP contribution < -0.4 is 10.1 Å². The molecular formula is C17H13F2N3O2. The third-order valence-corrected chi connectivity index (χ3v) is 3.24. The number of nitrogens with zero attached hydrogens (tertiary/aromatic N) is 2. The van der Waals surface area contributed by atoms with Crippen molar-refractivity contribution in [3.8, 4) is 11.4 Å². The maximum Gasteiger partial charge on any atom is 0.387 e. The van der Waals surface area contributed by atoms with E-state index in [0.29, 0.717) is 11.4 Å². The number of carbonyl (C=O) groups excluding carboxylic acids is 1. The van der Waals surface area contributed by atoms with E-state index in [9.17, 15) is 13.6 Å². The average Bonchev–Trinajstić information content (AvgIpc) is 3.07. The summed E-state index contributed by atoms with van der Waals surface area (Å²) in [5.41, 5.74) is 1.62. The minimum absolute atomic E-state index is 0.0253. The number of ether oxygens (including phenoxy) is 1. The highest BCUT2D eigenvalue weighted by Crippen LogP contribution is 2.19. The van der Waals surface area contributed by atoms with Gasteiger partial charge in [-0.3, -0.25) is 9.36 Å². The molecule has 0 atom stereocenters. The Morgan fingerprint density at radius 3 is 2.46 bits per heavy atom. The zero-order valence-electron chi connectivity index (χ0n) is 12.4. The maximum atomic E-state index is 12.4. The molecule has 0 aliphatic heterocycles. The third-order valence-electron chi connectivity index (χ3n) is 3.24. The van der Waals surface area contributed by atoms with Crippen LogP contribution in [-0.2, 0) is 0 Å². The van der Waals surface area contributed by atoms with Gasteiger partial charge in [-0.05, 0) is 36.4 Å². The van der Waals surface area contributed by atoms with Crippen LogP contribution in [0, 0.1) is 0 Å². The number of aromatic nitrogens is 2. The Morgan fingerprint density at radius 2 is 1.79 bits per heavy atom. The van der Waals surface area contributed by atoms with E-state index in [1.54, 1.807) is 10.9 Å². The summed E-state index contributed by atoms with van der Waals surface area (Å²) in [6.07, 6.45) is 3.00. The van der Waals surface area contributed by atoms with E-state index in [-0.39, 0.29) is 11.7 Å². The molecule has 0 saturated heterocycles. The van der Waals surface area contributed by atoms with Gasteiger partial charge in [-0.2, -0.15) is 8.78 Å². The highest BCUT2D eigenvalue weighted by molar-refractivity contribution is 6.03. The fraction of sp³-hybridized carbons (Fsp3) is 0.0588. The van der Waals surface area contributed by atoms with Crippen LogP contribution in [0.2, 0.25) is 0 Å².